The van der Waals surface area contributed by atoms with Gasteiger partial charge in [0.25, 0.3) is 0 Å². The van der Waals surface area contributed by atoms with Crippen molar-refractivity contribution in [2.75, 3.05) is 0 Å². The van der Waals surface area contributed by atoms with Gasteiger partial charge in [-0.2, -0.15) is 0 Å². The summed E-state index contributed by atoms with van der Waals surface area (Å²) in [4.78, 5) is 8.05. The van der Waals surface area contributed by atoms with E-state index < -0.39 is 0 Å². The molecule has 11 aliphatic rings. The van der Waals surface area contributed by atoms with E-state index in [1.165, 1.54) is 78.0 Å². The number of allylic oxidation sites excluding steroid dienone is 17. The molecule has 0 saturated heterocycles. The van der Waals surface area contributed by atoms with Crippen LogP contribution in [-0.2, 0) is 4.74 Å². The molecule has 0 bridgehead atoms. The molecule has 0 spiro atoms. The second-order valence-electron chi connectivity index (χ2n) is 18.8. The molecular weight excluding hydrogens is 733 g/mol. The summed E-state index contributed by atoms with van der Waals surface area (Å²) in [6.07, 6.45) is 55.0. The van der Waals surface area contributed by atoms with Crippen molar-refractivity contribution in [1.29, 1.82) is 0 Å². The van der Waals surface area contributed by atoms with Crippen LogP contribution in [0, 0.1) is 35.5 Å². The SMILES string of the molecule is C1=CCC(C2NC(C3=CCC(C4=CC(C5=CC6=C(OC7C=CC=C(N8C9=C(CCC=C9)C9CCC=CC98)C67)C6C=CCCC56)=CCC4)CC3)=NC(c3ccccc3)N2)C=C1. The second-order valence-corrected chi connectivity index (χ2v) is 18.8. The molecular formula is C55H58N4O. The van der Waals surface area contributed by atoms with Gasteiger partial charge in [-0.05, 0) is 135 Å². The molecule has 0 amide bonds. The van der Waals surface area contributed by atoms with E-state index in [0.717, 1.165) is 44.4 Å². The minimum atomic E-state index is -0.0521. The molecule has 10 atom stereocenters. The van der Waals surface area contributed by atoms with Gasteiger partial charge in [0, 0.05) is 34.7 Å². The van der Waals surface area contributed by atoms with Crippen molar-refractivity contribution in [3.05, 3.63) is 190 Å². The van der Waals surface area contributed by atoms with Gasteiger partial charge in [-0.15, -0.1) is 0 Å². The summed E-state index contributed by atoms with van der Waals surface area (Å²) in [5.41, 5.74) is 13.3. The first kappa shape index (κ1) is 36.7. The van der Waals surface area contributed by atoms with Crippen LogP contribution in [0.3, 0.4) is 0 Å². The number of benzene rings is 1. The summed E-state index contributed by atoms with van der Waals surface area (Å²) >= 11 is 0. The van der Waals surface area contributed by atoms with Gasteiger partial charge in [-0.25, -0.2) is 4.99 Å². The van der Waals surface area contributed by atoms with Gasteiger partial charge in [0.05, 0.1) is 18.1 Å². The monoisotopic (exact) mass is 790 g/mol. The molecule has 0 saturated carbocycles. The number of hydrogen-bond donors (Lipinski definition) is 2. The van der Waals surface area contributed by atoms with E-state index >= 15 is 0 Å². The molecule has 304 valence electrons. The van der Waals surface area contributed by atoms with E-state index in [-0.39, 0.29) is 24.4 Å². The first-order valence-corrected chi connectivity index (χ1v) is 23.4. The number of fused-ring (bicyclic) bond motifs is 6. The Morgan fingerprint density at radius 3 is 2.57 bits per heavy atom. The van der Waals surface area contributed by atoms with E-state index in [2.05, 4.69) is 149 Å². The van der Waals surface area contributed by atoms with Gasteiger partial charge < -0.3 is 15.0 Å². The molecule has 1 aromatic carbocycles. The first-order valence-electron chi connectivity index (χ1n) is 23.4. The van der Waals surface area contributed by atoms with Crippen LogP contribution in [0.2, 0.25) is 0 Å². The fraction of sp³-hybridized carbons (Fsp3) is 0.400. The Morgan fingerprint density at radius 2 is 1.68 bits per heavy atom. The average molecular weight is 791 g/mol. The highest BCUT2D eigenvalue weighted by atomic mass is 16.5. The predicted octanol–water partition coefficient (Wildman–Crippen LogP) is 11.6. The van der Waals surface area contributed by atoms with Crippen molar-refractivity contribution in [3.63, 3.8) is 0 Å². The van der Waals surface area contributed by atoms with Gasteiger partial charge in [0.1, 0.15) is 23.9 Å². The Balaban J connectivity index is 0.829. The van der Waals surface area contributed by atoms with E-state index in [9.17, 15) is 0 Å². The summed E-state index contributed by atoms with van der Waals surface area (Å²) in [6, 6.07) is 11.2. The van der Waals surface area contributed by atoms with Crippen molar-refractivity contribution in [1.82, 2.24) is 15.5 Å². The van der Waals surface area contributed by atoms with Crippen LogP contribution in [0.1, 0.15) is 88.8 Å². The van der Waals surface area contributed by atoms with Crippen LogP contribution >= 0.6 is 0 Å². The topological polar surface area (TPSA) is 48.9 Å². The van der Waals surface area contributed by atoms with Crippen LogP contribution in [-0.4, -0.2) is 29.0 Å². The Kier molecular flexibility index (Phi) is 9.42. The van der Waals surface area contributed by atoms with Gasteiger partial charge in [0.2, 0.25) is 0 Å². The number of hydrogen-bond acceptors (Lipinski definition) is 5. The number of nitrogens with zero attached hydrogens (tertiary/aromatic N) is 2. The van der Waals surface area contributed by atoms with Crippen molar-refractivity contribution in [2.45, 2.75) is 102 Å². The van der Waals surface area contributed by atoms with E-state index in [4.69, 9.17) is 9.73 Å². The highest BCUT2D eigenvalue weighted by molar-refractivity contribution is 5.99. The highest BCUT2D eigenvalue weighted by Crippen LogP contribution is 2.56. The van der Waals surface area contributed by atoms with Crippen molar-refractivity contribution in [3.8, 4) is 0 Å². The molecule has 12 rings (SSSR count). The Labute approximate surface area is 356 Å². The van der Waals surface area contributed by atoms with Gasteiger partial charge in [-0.3, -0.25) is 5.32 Å². The molecule has 1 aromatic rings. The summed E-state index contributed by atoms with van der Waals surface area (Å²) in [7, 11) is 0. The van der Waals surface area contributed by atoms with Crippen LogP contribution < -0.4 is 10.6 Å². The molecule has 3 heterocycles. The molecule has 3 aliphatic heterocycles. The molecule has 0 aromatic heterocycles. The second kappa shape index (κ2) is 15.4. The van der Waals surface area contributed by atoms with Crippen LogP contribution in [0.4, 0.5) is 0 Å². The fourth-order valence-electron chi connectivity index (χ4n) is 12.6. The Hall–Kier alpha value is -5.13. The quantitative estimate of drug-likeness (QED) is 0.282. The van der Waals surface area contributed by atoms with E-state index in [1.807, 2.05) is 0 Å². The molecule has 10 unspecified atom stereocenters. The van der Waals surface area contributed by atoms with Gasteiger partial charge in [-0.1, -0.05) is 121 Å². The minimum Gasteiger partial charge on any atom is -0.489 e. The smallest absolute Gasteiger partial charge is 0.129 e. The first-order chi connectivity index (χ1) is 29.7. The number of nitrogens with one attached hydrogen (secondary N) is 2. The third kappa shape index (κ3) is 6.33. The number of aliphatic imine (C=N–C) groups is 1. The normalized spacial score (nSPS) is 36.1. The zero-order valence-electron chi connectivity index (χ0n) is 34.8. The lowest BCUT2D eigenvalue weighted by Crippen LogP contribution is -2.55. The molecule has 5 heteroatoms. The Bertz CT molecular complexity index is 2390. The summed E-state index contributed by atoms with van der Waals surface area (Å²) in [6.45, 7) is 0. The van der Waals surface area contributed by atoms with Crippen molar-refractivity contribution >= 4 is 5.84 Å². The standard InChI is InChI=1S/C55H58N4O/c1-3-15-36(16-4-1)53-56-54(37-17-5-2-6-18-37)58-55(57-53)38-31-29-35(30-32-38)39-19-13-20-40(33-39)45-34-46-51-49(27-14-28-50(51)60-52(46)44-24-8-7-21-41(44)45)59-47-25-11-9-22-42(47)43-23-10-12-26-48(43)59/h1-6,8,11-12,14-17,20,24-28,31,33-35,37,41-42,44,47,50-51,53-54,56H,7,9-10,13,18-19,21-23,29-30,32H2,(H,57,58). The molecule has 2 N–H and O–H groups in total. The zero-order chi connectivity index (χ0) is 39.6. The highest BCUT2D eigenvalue weighted by Gasteiger charge is 2.50. The molecule has 5 nitrogen and oxygen atoms in total. The average Bonchev–Trinajstić information content (AvgIpc) is 3.88. The van der Waals surface area contributed by atoms with Gasteiger partial charge >= 0.3 is 0 Å². The Morgan fingerprint density at radius 1 is 0.767 bits per heavy atom. The zero-order valence-corrected chi connectivity index (χ0v) is 34.8. The number of amidine groups is 1. The maximum absolute atomic E-state index is 7.10. The van der Waals surface area contributed by atoms with Gasteiger partial charge in [0.15, 0.2) is 0 Å². The lowest BCUT2D eigenvalue weighted by atomic mass is 9.68. The van der Waals surface area contributed by atoms with Crippen LogP contribution in [0.15, 0.2) is 189 Å². The molecule has 60 heavy (non-hydrogen) atoms. The maximum atomic E-state index is 7.10. The summed E-state index contributed by atoms with van der Waals surface area (Å²) in [5.74, 6) is 4.89. The summed E-state index contributed by atoms with van der Waals surface area (Å²) in [5, 5.41) is 7.69. The molecule has 8 aliphatic carbocycles. The summed E-state index contributed by atoms with van der Waals surface area (Å²) < 4.78 is 7.10. The molecule has 0 fully saturated rings. The third-order valence-corrected chi connectivity index (χ3v) is 15.5. The lowest BCUT2D eigenvalue weighted by Gasteiger charge is -2.39. The minimum absolute atomic E-state index is 0.0488. The van der Waals surface area contributed by atoms with E-state index in [0.29, 0.717) is 35.6 Å². The van der Waals surface area contributed by atoms with E-state index in [1.54, 1.807) is 16.7 Å². The van der Waals surface area contributed by atoms with Crippen LogP contribution in [0.5, 0.6) is 0 Å². The maximum Gasteiger partial charge on any atom is 0.129 e. The molecule has 0 radical (unpaired) electrons. The third-order valence-electron chi connectivity index (χ3n) is 15.5. The number of ether oxygens (including phenoxy) is 1. The fourth-order valence-corrected chi connectivity index (χ4v) is 12.6. The van der Waals surface area contributed by atoms with Crippen molar-refractivity contribution < 1.29 is 4.74 Å². The van der Waals surface area contributed by atoms with Crippen molar-refractivity contribution in [2.24, 2.45) is 40.5 Å². The predicted molar refractivity (Wildman–Crippen MR) is 243 cm³/mol. The largest absolute Gasteiger partial charge is 0.489 e. The van der Waals surface area contributed by atoms with Crippen LogP contribution in [0.25, 0.3) is 0 Å². The lowest BCUT2D eigenvalue weighted by molar-refractivity contribution is 0.125. The number of rotatable bonds is 6.